The van der Waals surface area contributed by atoms with E-state index in [-0.39, 0.29) is 6.42 Å². The van der Waals surface area contributed by atoms with E-state index in [2.05, 4.69) is 0 Å². The fourth-order valence-electron chi connectivity index (χ4n) is 1.83. The van der Waals surface area contributed by atoms with Crippen LogP contribution in [-0.2, 0) is 28.7 Å². The van der Waals surface area contributed by atoms with Gasteiger partial charge in [-0.15, -0.1) is 0 Å². The Labute approximate surface area is 139 Å². The minimum absolute atomic E-state index is 0.201. The number of ketones is 2. The third-order valence-electron chi connectivity index (χ3n) is 3.18. The highest BCUT2D eigenvalue weighted by atomic mass is 16.6. The molecule has 0 aliphatic carbocycles. The lowest BCUT2D eigenvalue weighted by molar-refractivity contribution is -0.164. The Bertz CT molecular complexity index is 446. The zero-order chi connectivity index (χ0) is 18.8. The lowest BCUT2D eigenvalue weighted by Crippen LogP contribution is -2.40. The van der Waals surface area contributed by atoms with Crippen LogP contribution in [0.1, 0.15) is 33.1 Å². The summed E-state index contributed by atoms with van der Waals surface area (Å²) >= 11 is 0. The summed E-state index contributed by atoms with van der Waals surface area (Å²) in [6.07, 6.45) is -2.23. The molecular formula is C15H24O9. The molecule has 0 amide bonds. The molecule has 0 fully saturated rings. The molecule has 0 bridgehead atoms. The molecule has 9 heteroatoms. The molecular weight excluding hydrogens is 324 g/mol. The first-order valence-corrected chi connectivity index (χ1v) is 7.34. The first-order valence-electron chi connectivity index (χ1n) is 7.34. The predicted molar refractivity (Wildman–Crippen MR) is 79.7 cm³/mol. The molecule has 1 atom stereocenters. The molecule has 0 heterocycles. The van der Waals surface area contributed by atoms with Crippen LogP contribution in [0.2, 0.25) is 0 Å². The summed E-state index contributed by atoms with van der Waals surface area (Å²) in [5, 5.41) is 28.0. The van der Waals surface area contributed by atoms with Crippen molar-refractivity contribution < 1.29 is 44.0 Å². The van der Waals surface area contributed by atoms with E-state index in [0.29, 0.717) is 0 Å². The zero-order valence-corrected chi connectivity index (χ0v) is 13.8. The smallest absolute Gasteiger partial charge is 0.313 e. The van der Waals surface area contributed by atoms with Gasteiger partial charge in [-0.1, -0.05) is 0 Å². The van der Waals surface area contributed by atoms with E-state index in [1.807, 2.05) is 0 Å². The molecule has 0 aromatic heterocycles. The van der Waals surface area contributed by atoms with Crippen molar-refractivity contribution in [2.45, 2.75) is 39.2 Å². The number of carbonyl (C=O) groups excluding carboxylic acids is 4. The number of Topliss-reactive ketones (excluding diaryl/α,β-unsaturated/α-hetero) is 2. The maximum Gasteiger partial charge on any atom is 0.313 e. The largest absolute Gasteiger partial charge is 0.461 e. The minimum atomic E-state index is -1.35. The van der Waals surface area contributed by atoms with Gasteiger partial charge < -0.3 is 24.8 Å². The van der Waals surface area contributed by atoms with Gasteiger partial charge in [-0.05, 0) is 20.3 Å². The van der Waals surface area contributed by atoms with Crippen LogP contribution in [0.5, 0.6) is 0 Å². The summed E-state index contributed by atoms with van der Waals surface area (Å²) in [6.45, 7) is 0.187. The van der Waals surface area contributed by atoms with Gasteiger partial charge in [-0.25, -0.2) is 0 Å². The van der Waals surface area contributed by atoms with Gasteiger partial charge in [-0.3, -0.25) is 19.2 Å². The van der Waals surface area contributed by atoms with Gasteiger partial charge in [0.05, 0.1) is 19.8 Å². The van der Waals surface area contributed by atoms with E-state index >= 15 is 0 Å². The number of aliphatic hydroxyl groups is 3. The van der Waals surface area contributed by atoms with Crippen molar-refractivity contribution in [3.8, 4) is 0 Å². The molecule has 1 unspecified atom stereocenters. The molecule has 0 radical (unpaired) electrons. The minimum Gasteiger partial charge on any atom is -0.461 e. The maximum absolute atomic E-state index is 11.6. The Morgan fingerprint density at radius 2 is 1.33 bits per heavy atom. The highest BCUT2D eigenvalue weighted by Gasteiger charge is 2.34. The topological polar surface area (TPSA) is 147 Å². The van der Waals surface area contributed by atoms with Crippen molar-refractivity contribution in [3.05, 3.63) is 0 Å². The van der Waals surface area contributed by atoms with Gasteiger partial charge in [0.2, 0.25) is 0 Å². The van der Waals surface area contributed by atoms with Crippen LogP contribution in [0.3, 0.4) is 0 Å². The second-order valence-electron chi connectivity index (χ2n) is 5.73. The van der Waals surface area contributed by atoms with Crippen LogP contribution in [0.25, 0.3) is 0 Å². The van der Waals surface area contributed by atoms with Gasteiger partial charge in [-0.2, -0.15) is 0 Å². The van der Waals surface area contributed by atoms with Crippen LogP contribution < -0.4 is 0 Å². The van der Waals surface area contributed by atoms with Crippen molar-refractivity contribution in [1.29, 1.82) is 0 Å². The van der Waals surface area contributed by atoms with Gasteiger partial charge in [0.25, 0.3) is 0 Å². The van der Waals surface area contributed by atoms with Crippen molar-refractivity contribution >= 4 is 23.5 Å². The Balaban J connectivity index is 4.93. The Morgan fingerprint density at radius 3 is 1.75 bits per heavy atom. The van der Waals surface area contributed by atoms with Gasteiger partial charge in [0, 0.05) is 5.41 Å². The lowest BCUT2D eigenvalue weighted by atomic mass is 9.85. The fraction of sp³-hybridized carbons (Fsp3) is 0.733. The summed E-state index contributed by atoms with van der Waals surface area (Å²) in [6, 6.07) is 0. The van der Waals surface area contributed by atoms with E-state index < -0.39 is 74.3 Å². The lowest BCUT2D eigenvalue weighted by Gasteiger charge is -2.31. The molecule has 0 saturated heterocycles. The second kappa shape index (κ2) is 10.8. The normalized spacial score (nSPS) is 12.4. The van der Waals surface area contributed by atoms with Crippen molar-refractivity contribution in [3.63, 3.8) is 0 Å². The average Bonchev–Trinajstić information content (AvgIpc) is 2.48. The Morgan fingerprint density at radius 1 is 0.875 bits per heavy atom. The highest BCUT2D eigenvalue weighted by Crippen LogP contribution is 2.24. The van der Waals surface area contributed by atoms with Crippen LogP contribution in [-0.4, -0.2) is 71.4 Å². The Hall–Kier alpha value is -1.84. The van der Waals surface area contributed by atoms with Gasteiger partial charge in [0.1, 0.15) is 37.1 Å². The highest BCUT2D eigenvalue weighted by molar-refractivity contribution is 5.94. The van der Waals surface area contributed by atoms with Crippen LogP contribution in [0.4, 0.5) is 0 Å². The summed E-state index contributed by atoms with van der Waals surface area (Å²) in [7, 11) is 0. The second-order valence-corrected chi connectivity index (χ2v) is 5.73. The average molecular weight is 348 g/mol. The number of rotatable bonds is 12. The van der Waals surface area contributed by atoms with E-state index in [0.717, 1.165) is 0 Å². The molecule has 0 aliphatic heterocycles. The molecule has 24 heavy (non-hydrogen) atoms. The quantitative estimate of drug-likeness (QED) is 0.291. The molecule has 0 aromatic rings. The predicted octanol–water partition coefficient (Wildman–Crippen LogP) is -1.25. The number of ether oxygens (including phenoxy) is 2. The SMILES string of the molecule is CC(=O)CC(=O)OCC(CC(CO)(CO)CO)OC(=O)CC(C)=O. The number of carbonyl (C=O) groups is 4. The number of hydrogen-bond donors (Lipinski definition) is 3. The van der Waals surface area contributed by atoms with E-state index in [4.69, 9.17) is 9.47 Å². The van der Waals surface area contributed by atoms with E-state index in [9.17, 15) is 34.5 Å². The molecule has 0 saturated carbocycles. The summed E-state index contributed by atoms with van der Waals surface area (Å²) in [5.74, 6) is -2.51. The molecule has 0 rings (SSSR count). The first-order chi connectivity index (χ1) is 11.2. The van der Waals surface area contributed by atoms with Crippen molar-refractivity contribution in [2.24, 2.45) is 5.41 Å². The zero-order valence-electron chi connectivity index (χ0n) is 13.8. The number of hydrogen-bond acceptors (Lipinski definition) is 9. The Kier molecular flexibility index (Phi) is 10.0. The van der Waals surface area contributed by atoms with E-state index in [1.54, 1.807) is 0 Å². The maximum atomic E-state index is 11.6. The summed E-state index contributed by atoms with van der Waals surface area (Å²) in [4.78, 5) is 44.8. The molecule has 0 spiro atoms. The fourth-order valence-corrected chi connectivity index (χ4v) is 1.83. The van der Waals surface area contributed by atoms with Crippen LogP contribution in [0.15, 0.2) is 0 Å². The molecule has 3 N–H and O–H groups in total. The summed E-state index contributed by atoms with van der Waals surface area (Å²) < 4.78 is 9.86. The van der Waals surface area contributed by atoms with Crippen molar-refractivity contribution in [1.82, 2.24) is 0 Å². The van der Waals surface area contributed by atoms with Crippen LogP contribution in [0, 0.1) is 5.41 Å². The third kappa shape index (κ3) is 8.70. The first kappa shape index (κ1) is 22.2. The number of esters is 2. The molecule has 0 aromatic carbocycles. The third-order valence-corrected chi connectivity index (χ3v) is 3.18. The van der Waals surface area contributed by atoms with Gasteiger partial charge >= 0.3 is 11.9 Å². The van der Waals surface area contributed by atoms with Crippen molar-refractivity contribution in [2.75, 3.05) is 26.4 Å². The molecule has 138 valence electrons. The molecule has 0 aliphatic rings. The summed E-state index contributed by atoms with van der Waals surface area (Å²) in [5.41, 5.74) is -1.35. The van der Waals surface area contributed by atoms with E-state index in [1.165, 1.54) is 13.8 Å². The van der Waals surface area contributed by atoms with Crippen LogP contribution >= 0.6 is 0 Å². The monoisotopic (exact) mass is 348 g/mol. The molecule has 9 nitrogen and oxygen atoms in total. The van der Waals surface area contributed by atoms with Gasteiger partial charge in [0.15, 0.2) is 0 Å². The number of aliphatic hydroxyl groups excluding tert-OH is 3. The standard InChI is InChI=1S/C15H24O9/c1-10(19)3-13(21)23-6-12(24-14(22)4-11(2)20)5-15(7-16,8-17)9-18/h12,16-18H,3-9H2,1-2H3.